The highest BCUT2D eigenvalue weighted by atomic mass is 32.2. The van der Waals surface area contributed by atoms with Crippen molar-refractivity contribution in [3.63, 3.8) is 0 Å². The van der Waals surface area contributed by atoms with Crippen molar-refractivity contribution in [2.45, 2.75) is 31.6 Å². The molecule has 0 bridgehead atoms. The lowest BCUT2D eigenvalue weighted by Gasteiger charge is -2.08. The maximum Gasteiger partial charge on any atom is 0.360 e. The molecule has 1 heterocycles. The summed E-state index contributed by atoms with van der Waals surface area (Å²) in [6.45, 7) is 3.60. The standard InChI is InChI=1S/C16H18N2O5S2/c1-3-12(19)9-11-5-7-13(8-6-11)25(21,22)18-15-14(17-10-24-15)16(20)23-4-2/h5-8,10,18H,3-4,9H2,1-2H3. The first-order chi connectivity index (χ1) is 11.9. The van der Waals surface area contributed by atoms with Gasteiger partial charge in [-0.15, -0.1) is 11.3 Å². The van der Waals surface area contributed by atoms with E-state index in [4.69, 9.17) is 4.74 Å². The Morgan fingerprint density at radius 1 is 1.20 bits per heavy atom. The van der Waals surface area contributed by atoms with Gasteiger partial charge in [-0.25, -0.2) is 18.2 Å². The second-order valence-electron chi connectivity index (χ2n) is 5.07. The number of esters is 1. The van der Waals surface area contributed by atoms with E-state index in [0.717, 1.165) is 16.9 Å². The Hall–Kier alpha value is -2.26. The minimum absolute atomic E-state index is 0.0309. The molecule has 0 aliphatic heterocycles. The number of hydrogen-bond acceptors (Lipinski definition) is 7. The first-order valence-electron chi connectivity index (χ1n) is 7.61. The van der Waals surface area contributed by atoms with Crippen LogP contribution in [0.5, 0.6) is 0 Å². The molecule has 25 heavy (non-hydrogen) atoms. The number of thiazole rings is 1. The summed E-state index contributed by atoms with van der Waals surface area (Å²) in [7, 11) is -3.88. The van der Waals surface area contributed by atoms with Gasteiger partial charge in [-0.1, -0.05) is 19.1 Å². The molecule has 1 N–H and O–H groups in total. The molecule has 134 valence electrons. The number of ketones is 1. The molecule has 0 atom stereocenters. The van der Waals surface area contributed by atoms with E-state index in [0.29, 0.717) is 6.42 Å². The van der Waals surface area contributed by atoms with Crippen LogP contribution in [0.3, 0.4) is 0 Å². The highest BCUT2D eigenvalue weighted by Gasteiger charge is 2.22. The topological polar surface area (TPSA) is 102 Å². The predicted molar refractivity (Wildman–Crippen MR) is 94.3 cm³/mol. The van der Waals surface area contributed by atoms with E-state index in [2.05, 4.69) is 9.71 Å². The number of hydrogen-bond donors (Lipinski definition) is 1. The van der Waals surface area contributed by atoms with Crippen molar-refractivity contribution < 1.29 is 22.7 Å². The predicted octanol–water partition coefficient (Wildman–Crippen LogP) is 2.64. The molecule has 0 aliphatic carbocycles. The quantitative estimate of drug-likeness (QED) is 0.704. The molecule has 0 fully saturated rings. The number of nitrogens with one attached hydrogen (secondary N) is 1. The summed E-state index contributed by atoms with van der Waals surface area (Å²) >= 11 is 0.993. The molecule has 7 nitrogen and oxygen atoms in total. The van der Waals surface area contributed by atoms with Crippen LogP contribution < -0.4 is 4.72 Å². The minimum Gasteiger partial charge on any atom is -0.461 e. The molecule has 0 amide bonds. The van der Waals surface area contributed by atoms with E-state index in [1.807, 2.05) is 0 Å². The lowest BCUT2D eigenvalue weighted by Crippen LogP contribution is -2.15. The van der Waals surface area contributed by atoms with Gasteiger partial charge in [-0.2, -0.15) is 0 Å². The summed E-state index contributed by atoms with van der Waals surface area (Å²) in [4.78, 5) is 27.1. The molecule has 1 aromatic heterocycles. The molecule has 0 unspecified atom stereocenters. The highest BCUT2D eigenvalue weighted by Crippen LogP contribution is 2.25. The van der Waals surface area contributed by atoms with E-state index in [9.17, 15) is 18.0 Å². The van der Waals surface area contributed by atoms with Gasteiger partial charge in [0.25, 0.3) is 10.0 Å². The maximum atomic E-state index is 12.5. The van der Waals surface area contributed by atoms with Gasteiger partial charge < -0.3 is 4.74 Å². The van der Waals surface area contributed by atoms with Gasteiger partial charge in [0.05, 0.1) is 17.0 Å². The Labute approximate surface area is 150 Å². The highest BCUT2D eigenvalue weighted by molar-refractivity contribution is 7.93. The number of rotatable bonds is 8. The average Bonchev–Trinajstić information content (AvgIpc) is 3.03. The molecule has 0 saturated carbocycles. The molecule has 9 heteroatoms. The Balaban J connectivity index is 2.18. The van der Waals surface area contributed by atoms with Crippen LogP contribution in [0.25, 0.3) is 0 Å². The summed E-state index contributed by atoms with van der Waals surface area (Å²) in [6, 6.07) is 6.04. The molecule has 0 radical (unpaired) electrons. The smallest absolute Gasteiger partial charge is 0.360 e. The SMILES string of the molecule is CCOC(=O)c1ncsc1NS(=O)(=O)c1ccc(CC(=O)CC)cc1. The van der Waals surface area contributed by atoms with Crippen molar-refractivity contribution in [3.8, 4) is 0 Å². The van der Waals surface area contributed by atoms with E-state index >= 15 is 0 Å². The molecule has 2 aromatic rings. The van der Waals surface area contributed by atoms with Gasteiger partial charge in [0.2, 0.25) is 0 Å². The largest absolute Gasteiger partial charge is 0.461 e. The van der Waals surface area contributed by atoms with Gasteiger partial charge in [0, 0.05) is 12.8 Å². The Kier molecular flexibility index (Phi) is 6.27. The number of aromatic nitrogens is 1. The summed E-state index contributed by atoms with van der Waals surface area (Å²) in [5.74, 6) is -0.604. The van der Waals surface area contributed by atoms with Crippen LogP contribution in [0.15, 0.2) is 34.7 Å². The van der Waals surface area contributed by atoms with Gasteiger partial charge in [-0.3, -0.25) is 9.52 Å². The lowest BCUT2D eigenvalue weighted by molar-refractivity contribution is -0.118. The lowest BCUT2D eigenvalue weighted by atomic mass is 10.1. The van der Waals surface area contributed by atoms with Crippen LogP contribution in [0.4, 0.5) is 5.00 Å². The van der Waals surface area contributed by atoms with Crippen molar-refractivity contribution in [2.24, 2.45) is 0 Å². The number of nitrogens with zero attached hydrogens (tertiary/aromatic N) is 1. The molecule has 2 rings (SSSR count). The summed E-state index contributed by atoms with van der Waals surface area (Å²) in [6.07, 6.45) is 0.704. The number of ether oxygens (including phenoxy) is 1. The fraction of sp³-hybridized carbons (Fsp3) is 0.312. The fourth-order valence-corrected chi connectivity index (χ4v) is 3.97. The van der Waals surface area contributed by atoms with Gasteiger partial charge in [0.15, 0.2) is 5.69 Å². The average molecular weight is 382 g/mol. The van der Waals surface area contributed by atoms with E-state index in [1.165, 1.54) is 17.6 Å². The van der Waals surface area contributed by atoms with Crippen molar-refractivity contribution in [1.82, 2.24) is 4.98 Å². The first-order valence-corrected chi connectivity index (χ1v) is 9.97. The molecule has 0 aliphatic rings. The second kappa shape index (κ2) is 8.21. The van der Waals surface area contributed by atoms with Gasteiger partial charge >= 0.3 is 5.97 Å². The van der Waals surface area contributed by atoms with Crippen LogP contribution >= 0.6 is 11.3 Å². The zero-order valence-electron chi connectivity index (χ0n) is 13.8. The number of sulfonamides is 1. The third kappa shape index (κ3) is 4.86. The summed E-state index contributed by atoms with van der Waals surface area (Å²) < 4.78 is 32.1. The van der Waals surface area contributed by atoms with Crippen molar-refractivity contribution in [2.75, 3.05) is 11.3 Å². The third-order valence-electron chi connectivity index (χ3n) is 3.29. The summed E-state index contributed by atoms with van der Waals surface area (Å²) in [5.41, 5.74) is 2.04. The van der Waals surface area contributed by atoms with E-state index < -0.39 is 16.0 Å². The molecular formula is C16H18N2O5S2. The van der Waals surface area contributed by atoms with Crippen molar-refractivity contribution in [1.29, 1.82) is 0 Å². The minimum atomic E-state index is -3.88. The Morgan fingerprint density at radius 2 is 1.88 bits per heavy atom. The maximum absolute atomic E-state index is 12.5. The second-order valence-corrected chi connectivity index (χ2v) is 7.61. The van der Waals surface area contributed by atoms with E-state index in [-0.39, 0.29) is 34.4 Å². The number of anilines is 1. The first kappa shape index (κ1) is 19.1. The van der Waals surface area contributed by atoms with Crippen LogP contribution in [-0.4, -0.2) is 31.8 Å². The van der Waals surface area contributed by atoms with Crippen LogP contribution in [0, 0.1) is 0 Å². The van der Waals surface area contributed by atoms with Gasteiger partial charge in [0.1, 0.15) is 10.8 Å². The molecule has 0 saturated heterocycles. The zero-order valence-corrected chi connectivity index (χ0v) is 15.4. The normalized spacial score (nSPS) is 11.1. The number of carbonyl (C=O) groups excluding carboxylic acids is 2. The zero-order chi connectivity index (χ0) is 18.4. The monoisotopic (exact) mass is 382 g/mol. The summed E-state index contributed by atoms with van der Waals surface area (Å²) in [5, 5.41) is 0.101. The Bertz CT molecular complexity index is 857. The molecule has 0 spiro atoms. The molecule has 1 aromatic carbocycles. The van der Waals surface area contributed by atoms with Gasteiger partial charge in [-0.05, 0) is 24.6 Å². The Morgan fingerprint density at radius 3 is 2.48 bits per heavy atom. The number of benzene rings is 1. The number of Topliss-reactive ketones (excluding diaryl/α,β-unsaturated/α-hetero) is 1. The molecular weight excluding hydrogens is 364 g/mol. The third-order valence-corrected chi connectivity index (χ3v) is 5.53. The van der Waals surface area contributed by atoms with Crippen molar-refractivity contribution >= 4 is 38.1 Å². The van der Waals surface area contributed by atoms with E-state index in [1.54, 1.807) is 26.0 Å². The van der Waals surface area contributed by atoms with Crippen LogP contribution in [0.1, 0.15) is 36.3 Å². The van der Waals surface area contributed by atoms with Crippen molar-refractivity contribution in [3.05, 3.63) is 41.0 Å². The fourth-order valence-electron chi connectivity index (χ4n) is 1.98. The number of carbonyl (C=O) groups is 2. The van der Waals surface area contributed by atoms with Crippen LogP contribution in [-0.2, 0) is 26.0 Å². The van der Waals surface area contributed by atoms with Crippen LogP contribution in [0.2, 0.25) is 0 Å².